The number of nitrogens with zero attached hydrogens (tertiary/aromatic N) is 1. The van der Waals surface area contributed by atoms with E-state index in [4.69, 9.17) is 23.2 Å². The Kier molecular flexibility index (Phi) is 9.50. The Morgan fingerprint density at radius 2 is 1.71 bits per heavy atom. The molecule has 2 rings (SSSR count). The van der Waals surface area contributed by atoms with Gasteiger partial charge in [-0.2, -0.15) is 0 Å². The summed E-state index contributed by atoms with van der Waals surface area (Å²) in [7, 11) is 0. The molecule has 0 aliphatic rings. The van der Waals surface area contributed by atoms with E-state index < -0.39 is 0 Å². The average molecular weight is 420 g/mol. The van der Waals surface area contributed by atoms with Crippen molar-refractivity contribution in [2.75, 3.05) is 13.1 Å². The van der Waals surface area contributed by atoms with E-state index in [-0.39, 0.29) is 11.7 Å². The van der Waals surface area contributed by atoms with Crippen LogP contribution in [0.3, 0.4) is 0 Å². The van der Waals surface area contributed by atoms with Crippen LogP contribution in [0.4, 0.5) is 0 Å². The fourth-order valence-electron chi connectivity index (χ4n) is 3.47. The Hall–Kier alpha value is -1.35. The first-order valence-corrected chi connectivity index (χ1v) is 11.0. The molecule has 2 aromatic rings. The number of Topliss-reactive ketones (excluding diaryl/α,β-unsaturated/α-hetero) is 1. The number of hydrogen-bond donors (Lipinski definition) is 0. The van der Waals surface area contributed by atoms with Gasteiger partial charge in [-0.1, -0.05) is 87.1 Å². The van der Waals surface area contributed by atoms with E-state index in [1.165, 1.54) is 5.56 Å². The lowest BCUT2D eigenvalue weighted by Gasteiger charge is -2.29. The van der Waals surface area contributed by atoms with E-state index in [2.05, 4.69) is 49.9 Å². The van der Waals surface area contributed by atoms with Gasteiger partial charge in [-0.15, -0.1) is 0 Å². The Bertz CT molecular complexity index is 748. The van der Waals surface area contributed by atoms with Crippen LogP contribution in [-0.4, -0.2) is 23.8 Å². The molecule has 0 aliphatic carbocycles. The summed E-state index contributed by atoms with van der Waals surface area (Å²) in [4.78, 5) is 15.6. The smallest absolute Gasteiger partial charge is 0.167 e. The first-order chi connectivity index (χ1) is 13.4. The third-order valence-electron chi connectivity index (χ3n) is 5.21. The molecule has 0 heterocycles. The number of carbonyl (C=O) groups excluding carboxylic acids is 1. The molecule has 0 aromatic heterocycles. The number of benzene rings is 2. The maximum Gasteiger partial charge on any atom is 0.167 e. The number of carbonyl (C=O) groups is 1. The summed E-state index contributed by atoms with van der Waals surface area (Å²) in [5, 5.41) is 0.913. The molecule has 2 atom stereocenters. The van der Waals surface area contributed by atoms with Gasteiger partial charge in [-0.3, -0.25) is 9.69 Å². The standard InChI is InChI=1S/C24H31Cl2NO/c1-4-9-21(24(28)20-12-13-22(25)23(26)14-20)17-27(15-18(3)5-2)16-19-10-7-6-8-11-19/h6-8,10-14,18,21H,4-5,9,15-17H2,1-3H3. The van der Waals surface area contributed by atoms with Gasteiger partial charge in [0.1, 0.15) is 0 Å². The highest BCUT2D eigenvalue weighted by molar-refractivity contribution is 6.42. The molecular formula is C24H31Cl2NO. The summed E-state index contributed by atoms with van der Waals surface area (Å²) in [6, 6.07) is 15.7. The molecule has 0 aliphatic heterocycles. The Labute approximate surface area is 179 Å². The van der Waals surface area contributed by atoms with Crippen LogP contribution in [0.1, 0.15) is 56.0 Å². The molecule has 0 bridgehead atoms. The molecule has 0 saturated carbocycles. The topological polar surface area (TPSA) is 20.3 Å². The lowest BCUT2D eigenvalue weighted by atomic mass is 9.92. The van der Waals surface area contributed by atoms with Crippen molar-refractivity contribution in [3.8, 4) is 0 Å². The normalized spacial score (nSPS) is 13.5. The highest BCUT2D eigenvalue weighted by Crippen LogP contribution is 2.25. The van der Waals surface area contributed by atoms with Crippen molar-refractivity contribution in [3.63, 3.8) is 0 Å². The minimum atomic E-state index is -0.0463. The van der Waals surface area contributed by atoms with E-state index in [9.17, 15) is 4.79 Å². The van der Waals surface area contributed by atoms with Gasteiger partial charge >= 0.3 is 0 Å². The second kappa shape index (κ2) is 11.6. The molecular weight excluding hydrogens is 389 g/mol. The summed E-state index contributed by atoms with van der Waals surface area (Å²) in [5.41, 5.74) is 1.93. The molecule has 0 saturated heterocycles. The van der Waals surface area contributed by atoms with Crippen LogP contribution in [0.25, 0.3) is 0 Å². The van der Waals surface area contributed by atoms with Crippen LogP contribution in [0.5, 0.6) is 0 Å². The third kappa shape index (κ3) is 6.92. The van der Waals surface area contributed by atoms with Crippen molar-refractivity contribution in [2.45, 2.75) is 46.6 Å². The molecule has 2 nitrogen and oxygen atoms in total. The van der Waals surface area contributed by atoms with Crippen LogP contribution in [-0.2, 0) is 6.54 Å². The molecule has 4 heteroatoms. The molecule has 28 heavy (non-hydrogen) atoms. The van der Waals surface area contributed by atoms with Gasteiger partial charge < -0.3 is 0 Å². The van der Waals surface area contributed by atoms with Crippen LogP contribution in [0.15, 0.2) is 48.5 Å². The number of rotatable bonds is 11. The van der Waals surface area contributed by atoms with E-state index in [0.29, 0.717) is 21.5 Å². The lowest BCUT2D eigenvalue weighted by molar-refractivity contribution is 0.0855. The number of hydrogen-bond acceptors (Lipinski definition) is 2. The molecule has 0 radical (unpaired) electrons. The molecule has 0 N–H and O–H groups in total. The highest BCUT2D eigenvalue weighted by atomic mass is 35.5. The number of halogens is 2. The summed E-state index contributed by atoms with van der Waals surface area (Å²) < 4.78 is 0. The Morgan fingerprint density at radius 1 is 1.00 bits per heavy atom. The summed E-state index contributed by atoms with van der Waals surface area (Å²) in [6.07, 6.45) is 2.97. The fourth-order valence-corrected chi connectivity index (χ4v) is 3.76. The quantitative estimate of drug-likeness (QED) is 0.360. The SMILES string of the molecule is CCCC(CN(Cc1ccccc1)CC(C)CC)C(=O)c1ccc(Cl)c(Cl)c1. The van der Waals surface area contributed by atoms with Gasteiger partial charge in [0.15, 0.2) is 5.78 Å². The highest BCUT2D eigenvalue weighted by Gasteiger charge is 2.23. The van der Waals surface area contributed by atoms with Gasteiger partial charge in [0, 0.05) is 31.1 Å². The minimum absolute atomic E-state index is 0.0463. The zero-order valence-corrected chi connectivity index (χ0v) is 18.6. The van der Waals surface area contributed by atoms with E-state index in [1.807, 2.05) is 6.07 Å². The zero-order valence-electron chi connectivity index (χ0n) is 17.1. The van der Waals surface area contributed by atoms with Crippen molar-refractivity contribution in [1.29, 1.82) is 0 Å². The first kappa shape index (κ1) is 22.9. The van der Waals surface area contributed by atoms with Gasteiger partial charge in [-0.25, -0.2) is 0 Å². The molecule has 0 fully saturated rings. The van der Waals surface area contributed by atoms with Gasteiger partial charge in [0.05, 0.1) is 10.0 Å². The second-order valence-electron chi connectivity index (χ2n) is 7.67. The molecule has 0 spiro atoms. The van der Waals surface area contributed by atoms with E-state index >= 15 is 0 Å². The molecule has 2 aromatic carbocycles. The van der Waals surface area contributed by atoms with Crippen LogP contribution >= 0.6 is 23.2 Å². The maximum absolute atomic E-state index is 13.2. The van der Waals surface area contributed by atoms with Crippen molar-refractivity contribution in [2.24, 2.45) is 11.8 Å². The first-order valence-electron chi connectivity index (χ1n) is 10.2. The Morgan fingerprint density at radius 3 is 2.32 bits per heavy atom. The zero-order chi connectivity index (χ0) is 20.5. The van der Waals surface area contributed by atoms with Crippen LogP contribution in [0.2, 0.25) is 10.0 Å². The number of ketones is 1. The molecule has 2 unspecified atom stereocenters. The van der Waals surface area contributed by atoms with Crippen molar-refractivity contribution >= 4 is 29.0 Å². The summed E-state index contributed by atoms with van der Waals surface area (Å²) in [6.45, 7) is 9.22. The van der Waals surface area contributed by atoms with Gasteiger partial charge in [0.2, 0.25) is 0 Å². The van der Waals surface area contributed by atoms with Crippen LogP contribution in [0, 0.1) is 11.8 Å². The van der Waals surface area contributed by atoms with E-state index in [1.54, 1.807) is 18.2 Å². The lowest BCUT2D eigenvalue weighted by Crippen LogP contribution is -2.35. The predicted octanol–water partition coefficient (Wildman–Crippen LogP) is 7.14. The summed E-state index contributed by atoms with van der Waals surface area (Å²) >= 11 is 12.2. The summed E-state index contributed by atoms with van der Waals surface area (Å²) in [5.74, 6) is 0.698. The maximum atomic E-state index is 13.2. The van der Waals surface area contributed by atoms with Gasteiger partial charge in [-0.05, 0) is 36.1 Å². The molecule has 0 amide bonds. The average Bonchev–Trinajstić information content (AvgIpc) is 2.69. The van der Waals surface area contributed by atoms with E-state index in [0.717, 1.165) is 38.9 Å². The Balaban J connectivity index is 2.19. The minimum Gasteiger partial charge on any atom is -0.298 e. The fraction of sp³-hybridized carbons (Fsp3) is 0.458. The van der Waals surface area contributed by atoms with Crippen molar-refractivity contribution < 1.29 is 4.79 Å². The largest absolute Gasteiger partial charge is 0.298 e. The second-order valence-corrected chi connectivity index (χ2v) is 8.49. The predicted molar refractivity (Wildman–Crippen MR) is 120 cm³/mol. The molecule has 152 valence electrons. The monoisotopic (exact) mass is 419 g/mol. The van der Waals surface area contributed by atoms with Crippen molar-refractivity contribution in [3.05, 3.63) is 69.7 Å². The van der Waals surface area contributed by atoms with Crippen molar-refractivity contribution in [1.82, 2.24) is 4.90 Å². The van der Waals surface area contributed by atoms with Gasteiger partial charge in [0.25, 0.3) is 0 Å². The third-order valence-corrected chi connectivity index (χ3v) is 5.95. The van der Waals surface area contributed by atoms with Crippen LogP contribution < -0.4 is 0 Å².